The number of para-hydroxylation sites is 1. The van der Waals surface area contributed by atoms with E-state index in [4.69, 9.17) is 15.6 Å². The van der Waals surface area contributed by atoms with Crippen LogP contribution >= 0.6 is 0 Å². The van der Waals surface area contributed by atoms with Crippen LogP contribution in [0.2, 0.25) is 0 Å². The summed E-state index contributed by atoms with van der Waals surface area (Å²) in [5, 5.41) is 9.55. The van der Waals surface area contributed by atoms with E-state index < -0.39 is 18.3 Å². The lowest BCUT2D eigenvalue weighted by Gasteiger charge is -2.44. The van der Waals surface area contributed by atoms with Gasteiger partial charge in [0.05, 0.1) is 17.1 Å². The first-order valence-electron chi connectivity index (χ1n) is 19.9. The monoisotopic (exact) mass is 771 g/mol. The molecule has 3 N–H and O–H groups in total. The van der Waals surface area contributed by atoms with Crippen molar-refractivity contribution in [3.05, 3.63) is 91.3 Å². The minimum Gasteiger partial charge on any atom is -0.457 e. The Bertz CT molecular complexity index is 2480. The number of nitrogens with zero attached hydrogens (tertiary/aromatic N) is 7. The average Bonchev–Trinajstić information content (AvgIpc) is 3.86. The molecule has 4 fully saturated rings. The van der Waals surface area contributed by atoms with Crippen molar-refractivity contribution in [1.82, 2.24) is 34.5 Å². The van der Waals surface area contributed by atoms with Crippen LogP contribution in [0.3, 0.4) is 0 Å². The van der Waals surface area contributed by atoms with Crippen molar-refractivity contribution in [2.45, 2.75) is 75.3 Å². The van der Waals surface area contributed by atoms with E-state index in [1.165, 1.54) is 6.33 Å². The number of carbonyl (C=O) groups excluding carboxylic acids is 2. The summed E-state index contributed by atoms with van der Waals surface area (Å²) in [5.74, 6) is 1.03. The number of ether oxygens (including phenoxy) is 1. The van der Waals surface area contributed by atoms with Gasteiger partial charge in [-0.3, -0.25) is 19.8 Å². The molecule has 6 aromatic rings. The smallest absolute Gasteiger partial charge is 0.249 e. The van der Waals surface area contributed by atoms with Gasteiger partial charge in [-0.25, -0.2) is 23.4 Å². The number of hydrogen-bond acceptors (Lipinski definition) is 9. The van der Waals surface area contributed by atoms with E-state index in [2.05, 4.69) is 25.1 Å². The molecule has 1 saturated carbocycles. The number of aromatic nitrogens is 5. The largest absolute Gasteiger partial charge is 0.457 e. The highest BCUT2D eigenvalue weighted by Crippen LogP contribution is 2.42. The number of imide groups is 1. The maximum absolute atomic E-state index is 16.4. The normalized spacial score (nSPS) is 25.3. The Kier molecular flexibility index (Phi) is 8.88. The van der Waals surface area contributed by atoms with Crippen LogP contribution in [0.5, 0.6) is 11.5 Å². The number of fused-ring (bicyclic) bond motifs is 4. The lowest BCUT2D eigenvalue weighted by molar-refractivity contribution is -0.135. The molecule has 3 aliphatic heterocycles. The molecule has 0 radical (unpaired) electrons. The molecule has 3 aromatic carbocycles. The van der Waals surface area contributed by atoms with Crippen molar-refractivity contribution in [2.24, 2.45) is 5.92 Å². The van der Waals surface area contributed by atoms with Crippen LogP contribution in [0, 0.1) is 11.7 Å². The number of piperidine rings is 1. The van der Waals surface area contributed by atoms with Crippen LogP contribution in [0.15, 0.2) is 85.5 Å². The number of nitrogens with two attached hydrogens (primary N) is 1. The van der Waals surface area contributed by atoms with Crippen molar-refractivity contribution in [1.29, 1.82) is 0 Å². The number of rotatable bonds is 8. The first-order chi connectivity index (χ1) is 27.8. The molecule has 6 heterocycles. The number of halogens is 2. The fourth-order valence-electron chi connectivity index (χ4n) is 9.70. The first-order valence-corrected chi connectivity index (χ1v) is 19.9. The van der Waals surface area contributed by atoms with Crippen molar-refractivity contribution in [3.8, 4) is 22.8 Å². The zero-order valence-corrected chi connectivity index (χ0v) is 31.3. The van der Waals surface area contributed by atoms with Gasteiger partial charge in [0.2, 0.25) is 11.8 Å². The third kappa shape index (κ3) is 6.55. The zero-order chi connectivity index (χ0) is 38.8. The van der Waals surface area contributed by atoms with E-state index >= 15 is 8.78 Å². The fourth-order valence-corrected chi connectivity index (χ4v) is 9.70. The van der Waals surface area contributed by atoms with Gasteiger partial charge in [-0.1, -0.05) is 18.2 Å². The number of amides is 2. The van der Waals surface area contributed by atoms with Gasteiger partial charge in [0.25, 0.3) is 0 Å². The molecule has 2 bridgehead atoms. The molecule has 6 atom stereocenters. The molecule has 3 aromatic heterocycles. The molecule has 0 spiro atoms. The number of alkyl halides is 1. The van der Waals surface area contributed by atoms with Gasteiger partial charge in [0.15, 0.2) is 5.65 Å². The number of anilines is 2. The number of benzene rings is 3. The Labute approximate surface area is 327 Å². The third-order valence-electron chi connectivity index (χ3n) is 12.5. The Balaban J connectivity index is 0.815. The van der Waals surface area contributed by atoms with Crippen molar-refractivity contribution in [3.63, 3.8) is 0 Å². The van der Waals surface area contributed by atoms with E-state index in [-0.39, 0.29) is 42.1 Å². The summed E-state index contributed by atoms with van der Waals surface area (Å²) in [7, 11) is 0. The number of nitrogens with one attached hydrogen (secondary N) is 1. The van der Waals surface area contributed by atoms with E-state index in [0.29, 0.717) is 66.3 Å². The SMILES string of the molecule is Nc1ncnc2c1c(-c1ccc(Oc3ccccc3)cc1)nn2C1CCC(CN2C3CCC2CN(c2cc4cn(C5CCC(=O)NC5=O)cc4cc2F)C3)CC1F. The summed E-state index contributed by atoms with van der Waals surface area (Å²) in [4.78, 5) is 37.7. The van der Waals surface area contributed by atoms with Gasteiger partial charge < -0.3 is 19.9 Å². The second-order valence-electron chi connectivity index (χ2n) is 16.0. The second kappa shape index (κ2) is 14.2. The van der Waals surface area contributed by atoms with Crippen LogP contribution < -0.4 is 20.7 Å². The topological polar surface area (TPSA) is 136 Å². The molecule has 2 amide bonds. The molecule has 292 valence electrons. The van der Waals surface area contributed by atoms with Gasteiger partial charge in [0.1, 0.15) is 47.4 Å². The fraction of sp³-hybridized carbons (Fsp3) is 0.372. The third-order valence-corrected chi connectivity index (χ3v) is 12.5. The summed E-state index contributed by atoms with van der Waals surface area (Å²) in [5.41, 5.74) is 8.92. The van der Waals surface area contributed by atoms with Crippen LogP contribution in [0.4, 0.5) is 20.3 Å². The highest BCUT2D eigenvalue weighted by atomic mass is 19.1. The number of carbonyl (C=O) groups is 2. The summed E-state index contributed by atoms with van der Waals surface area (Å²) in [6.45, 7) is 2.21. The predicted molar refractivity (Wildman–Crippen MR) is 212 cm³/mol. The van der Waals surface area contributed by atoms with Gasteiger partial charge >= 0.3 is 0 Å². The standard InChI is InChI=1S/C43H43F2N9O3/c44-33-16-25(6-13-35(33)54-42-39(41(46)47-24-48-42)40(50-54)26-7-11-32(12-8-26)57-31-4-2-1-3-5-31)19-53-29-9-10-30(53)23-52(22-29)37-18-28-21-51(20-27(28)17-34(37)45)36-14-15-38(55)49-43(36)56/h1-5,7-8,11-12,17-18,20-21,24-25,29-30,33,35-36H,6,9-10,13-16,19,22-23H2,(H2,46,47,48)(H,49,55,56). The summed E-state index contributed by atoms with van der Waals surface area (Å²) >= 11 is 0. The number of nitrogen functional groups attached to an aromatic ring is 1. The van der Waals surface area contributed by atoms with Crippen LogP contribution in [-0.4, -0.2) is 78.9 Å². The summed E-state index contributed by atoms with van der Waals surface area (Å²) in [6.07, 6.45) is 8.58. The van der Waals surface area contributed by atoms with Crippen LogP contribution in [0.25, 0.3) is 33.1 Å². The Morgan fingerprint density at radius 2 is 1.61 bits per heavy atom. The van der Waals surface area contributed by atoms with Crippen LogP contribution in [0.1, 0.15) is 57.0 Å². The highest BCUT2D eigenvalue weighted by Gasteiger charge is 2.43. The molecule has 12 nitrogen and oxygen atoms in total. The van der Waals surface area contributed by atoms with Crippen molar-refractivity contribution >= 4 is 45.1 Å². The quantitative estimate of drug-likeness (QED) is 0.157. The van der Waals surface area contributed by atoms with E-state index in [9.17, 15) is 9.59 Å². The predicted octanol–water partition coefficient (Wildman–Crippen LogP) is 6.97. The Morgan fingerprint density at radius 3 is 2.35 bits per heavy atom. The van der Waals surface area contributed by atoms with Crippen molar-refractivity contribution in [2.75, 3.05) is 30.3 Å². The van der Waals surface area contributed by atoms with E-state index in [0.717, 1.165) is 47.9 Å². The minimum absolute atomic E-state index is 0.184. The zero-order valence-electron chi connectivity index (χ0n) is 31.3. The maximum Gasteiger partial charge on any atom is 0.249 e. The Morgan fingerprint density at radius 1 is 0.877 bits per heavy atom. The molecule has 6 unspecified atom stereocenters. The van der Waals surface area contributed by atoms with Crippen LogP contribution in [-0.2, 0) is 9.59 Å². The maximum atomic E-state index is 16.4. The average molecular weight is 772 g/mol. The molecule has 14 heteroatoms. The molecule has 4 aliphatic rings. The first kappa shape index (κ1) is 35.5. The molecule has 3 saturated heterocycles. The lowest BCUT2D eigenvalue weighted by atomic mass is 9.84. The second-order valence-corrected chi connectivity index (χ2v) is 16.0. The van der Waals surface area contributed by atoms with E-state index in [1.54, 1.807) is 21.5 Å². The number of piperazine rings is 1. The molecule has 1 aliphatic carbocycles. The lowest BCUT2D eigenvalue weighted by Crippen LogP contribution is -2.55. The van der Waals surface area contributed by atoms with Gasteiger partial charge in [-0.2, -0.15) is 5.10 Å². The Hall–Kier alpha value is -5.89. The summed E-state index contributed by atoms with van der Waals surface area (Å²) < 4.78 is 41.6. The molecular formula is C43H43F2N9O3. The van der Waals surface area contributed by atoms with Crippen molar-refractivity contribution < 1.29 is 23.1 Å². The molecular weight excluding hydrogens is 729 g/mol. The minimum atomic E-state index is -1.12. The highest BCUT2D eigenvalue weighted by molar-refractivity contribution is 6.00. The van der Waals surface area contributed by atoms with Gasteiger partial charge in [-0.05, 0) is 93.0 Å². The molecule has 10 rings (SSSR count). The summed E-state index contributed by atoms with van der Waals surface area (Å²) in [6, 6.07) is 20.1. The van der Waals surface area contributed by atoms with Gasteiger partial charge in [0, 0.05) is 66.9 Å². The molecule has 57 heavy (non-hydrogen) atoms. The number of hydrogen-bond donors (Lipinski definition) is 2. The van der Waals surface area contributed by atoms with Gasteiger partial charge in [-0.15, -0.1) is 0 Å². The van der Waals surface area contributed by atoms with E-state index in [1.807, 2.05) is 66.9 Å².